The van der Waals surface area contributed by atoms with Crippen LogP contribution >= 0.6 is 0 Å². The molecule has 2 N–H and O–H groups in total. The molecule has 19 heavy (non-hydrogen) atoms. The molecule has 1 aliphatic heterocycles. The Morgan fingerprint density at radius 1 is 1.37 bits per heavy atom. The van der Waals surface area contributed by atoms with E-state index in [0.29, 0.717) is 19.5 Å². The van der Waals surface area contributed by atoms with E-state index in [9.17, 15) is 13.2 Å². The maximum absolute atomic E-state index is 12.1. The summed E-state index contributed by atoms with van der Waals surface area (Å²) in [6, 6.07) is -0.0587. The Kier molecular flexibility index (Phi) is 6.74. The van der Waals surface area contributed by atoms with E-state index in [-0.39, 0.29) is 11.9 Å². The third-order valence-electron chi connectivity index (χ3n) is 3.14. The number of likely N-dealkylation sites (tertiary alicyclic amines) is 1. The van der Waals surface area contributed by atoms with Crippen LogP contribution in [-0.4, -0.2) is 57.7 Å². The van der Waals surface area contributed by atoms with Crippen LogP contribution in [0.2, 0.25) is 0 Å². The lowest BCUT2D eigenvalue weighted by Gasteiger charge is -2.32. The number of nitrogens with one attached hydrogen (secondary N) is 2. The number of carbonyl (C=O) groups excluding carboxylic acids is 1. The molecule has 1 unspecified atom stereocenters. The SMILES string of the molecule is CCCNC1CCCN(CCCNS(C)(=O)=O)C1=O. The first-order valence-electron chi connectivity index (χ1n) is 6.91. The number of hydrogen-bond acceptors (Lipinski definition) is 4. The molecular formula is C12H25N3O3S. The predicted octanol–water partition coefficient (Wildman–Crippen LogP) is -0.0837. The highest BCUT2D eigenvalue weighted by Crippen LogP contribution is 2.12. The Balaban J connectivity index is 2.30. The highest BCUT2D eigenvalue weighted by molar-refractivity contribution is 7.88. The lowest BCUT2D eigenvalue weighted by atomic mass is 10.0. The predicted molar refractivity (Wildman–Crippen MR) is 75.4 cm³/mol. The average Bonchev–Trinajstić information content (AvgIpc) is 2.33. The number of sulfonamides is 1. The van der Waals surface area contributed by atoms with Crippen molar-refractivity contribution in [1.82, 2.24) is 14.9 Å². The first-order chi connectivity index (χ1) is 8.94. The molecule has 0 bridgehead atoms. The molecule has 0 radical (unpaired) electrons. The van der Waals surface area contributed by atoms with E-state index in [2.05, 4.69) is 17.0 Å². The van der Waals surface area contributed by atoms with Crippen LogP contribution in [0.5, 0.6) is 0 Å². The van der Waals surface area contributed by atoms with Gasteiger partial charge in [-0.05, 0) is 32.2 Å². The minimum atomic E-state index is -3.13. The number of piperidine rings is 1. The molecule has 112 valence electrons. The van der Waals surface area contributed by atoms with Gasteiger partial charge in [-0.1, -0.05) is 6.92 Å². The molecule has 6 nitrogen and oxygen atoms in total. The summed E-state index contributed by atoms with van der Waals surface area (Å²) in [5.74, 6) is 0.152. The van der Waals surface area contributed by atoms with Crippen molar-refractivity contribution < 1.29 is 13.2 Å². The van der Waals surface area contributed by atoms with Crippen molar-refractivity contribution in [2.45, 2.75) is 38.6 Å². The van der Waals surface area contributed by atoms with Crippen LogP contribution < -0.4 is 10.0 Å². The molecule has 0 aromatic heterocycles. The normalized spacial score (nSPS) is 20.8. The second-order valence-corrected chi connectivity index (χ2v) is 6.83. The lowest BCUT2D eigenvalue weighted by Crippen LogP contribution is -2.51. The van der Waals surface area contributed by atoms with Crippen molar-refractivity contribution in [3.63, 3.8) is 0 Å². The zero-order valence-corrected chi connectivity index (χ0v) is 12.6. The van der Waals surface area contributed by atoms with E-state index in [1.165, 1.54) is 0 Å². The fourth-order valence-electron chi connectivity index (χ4n) is 2.20. The molecule has 1 fully saturated rings. The highest BCUT2D eigenvalue weighted by Gasteiger charge is 2.27. The third-order valence-corrected chi connectivity index (χ3v) is 3.87. The Hall–Kier alpha value is -0.660. The topological polar surface area (TPSA) is 78.5 Å². The zero-order chi connectivity index (χ0) is 14.3. The van der Waals surface area contributed by atoms with E-state index in [1.54, 1.807) is 0 Å². The molecule has 0 aliphatic carbocycles. The van der Waals surface area contributed by atoms with Gasteiger partial charge in [0.1, 0.15) is 0 Å². The molecule has 0 aromatic carbocycles. The Labute approximate surface area is 116 Å². The fraction of sp³-hybridized carbons (Fsp3) is 0.917. The quantitative estimate of drug-likeness (QED) is 0.613. The maximum atomic E-state index is 12.1. The Bertz CT molecular complexity index is 384. The fourth-order valence-corrected chi connectivity index (χ4v) is 2.71. The van der Waals surface area contributed by atoms with Crippen LogP contribution in [0.3, 0.4) is 0 Å². The molecule has 1 atom stereocenters. The van der Waals surface area contributed by atoms with Crippen molar-refractivity contribution in [2.75, 3.05) is 32.4 Å². The first-order valence-corrected chi connectivity index (χ1v) is 8.80. The van der Waals surface area contributed by atoms with Gasteiger partial charge in [-0.3, -0.25) is 4.79 Å². The summed E-state index contributed by atoms with van der Waals surface area (Å²) in [6.45, 7) is 4.72. The number of rotatable bonds is 8. The minimum absolute atomic E-state index is 0.0587. The largest absolute Gasteiger partial charge is 0.341 e. The van der Waals surface area contributed by atoms with Gasteiger partial charge in [0, 0.05) is 19.6 Å². The van der Waals surface area contributed by atoms with Gasteiger partial charge in [-0.2, -0.15) is 0 Å². The highest BCUT2D eigenvalue weighted by atomic mass is 32.2. The summed E-state index contributed by atoms with van der Waals surface area (Å²) in [6.07, 6.45) is 4.72. The molecular weight excluding hydrogens is 266 g/mol. The van der Waals surface area contributed by atoms with E-state index >= 15 is 0 Å². The zero-order valence-electron chi connectivity index (χ0n) is 11.8. The Morgan fingerprint density at radius 2 is 2.11 bits per heavy atom. The molecule has 1 heterocycles. The minimum Gasteiger partial charge on any atom is -0.341 e. The van der Waals surface area contributed by atoms with Crippen LogP contribution in [0.4, 0.5) is 0 Å². The van der Waals surface area contributed by atoms with Crippen molar-refractivity contribution in [2.24, 2.45) is 0 Å². The Morgan fingerprint density at radius 3 is 2.74 bits per heavy atom. The molecule has 1 aliphatic rings. The van der Waals surface area contributed by atoms with Crippen molar-refractivity contribution in [3.05, 3.63) is 0 Å². The monoisotopic (exact) mass is 291 g/mol. The van der Waals surface area contributed by atoms with Gasteiger partial charge in [0.05, 0.1) is 12.3 Å². The van der Waals surface area contributed by atoms with Gasteiger partial charge < -0.3 is 10.2 Å². The molecule has 0 aromatic rings. The molecule has 1 saturated heterocycles. The standard InChI is InChI=1S/C12H25N3O3S/c1-3-7-13-11-6-4-9-15(12(11)16)10-5-8-14-19(2,17)18/h11,13-14H,3-10H2,1-2H3. The summed E-state index contributed by atoms with van der Waals surface area (Å²) < 4.78 is 24.3. The second kappa shape index (κ2) is 7.81. The number of amides is 1. The van der Waals surface area contributed by atoms with Gasteiger partial charge in [-0.15, -0.1) is 0 Å². The van der Waals surface area contributed by atoms with Crippen LogP contribution in [0.15, 0.2) is 0 Å². The van der Waals surface area contributed by atoms with Gasteiger partial charge in [-0.25, -0.2) is 13.1 Å². The summed E-state index contributed by atoms with van der Waals surface area (Å²) in [4.78, 5) is 14.0. The van der Waals surface area contributed by atoms with Crippen LogP contribution in [0.25, 0.3) is 0 Å². The van der Waals surface area contributed by atoms with Crippen LogP contribution in [-0.2, 0) is 14.8 Å². The number of hydrogen-bond donors (Lipinski definition) is 2. The summed E-state index contributed by atoms with van der Waals surface area (Å²) in [5.41, 5.74) is 0. The first kappa shape index (κ1) is 16.4. The van der Waals surface area contributed by atoms with Crippen LogP contribution in [0.1, 0.15) is 32.6 Å². The lowest BCUT2D eigenvalue weighted by molar-refractivity contribution is -0.136. The van der Waals surface area contributed by atoms with E-state index < -0.39 is 10.0 Å². The number of carbonyl (C=O) groups is 1. The maximum Gasteiger partial charge on any atom is 0.239 e. The van der Waals surface area contributed by atoms with E-state index in [4.69, 9.17) is 0 Å². The van der Waals surface area contributed by atoms with Crippen molar-refractivity contribution >= 4 is 15.9 Å². The van der Waals surface area contributed by atoms with Gasteiger partial charge in [0.15, 0.2) is 0 Å². The van der Waals surface area contributed by atoms with Gasteiger partial charge in [0.25, 0.3) is 0 Å². The average molecular weight is 291 g/mol. The summed E-state index contributed by atoms with van der Waals surface area (Å²) >= 11 is 0. The van der Waals surface area contributed by atoms with Crippen LogP contribution in [0, 0.1) is 0 Å². The molecule has 1 rings (SSSR count). The second-order valence-electron chi connectivity index (χ2n) is 4.99. The molecule has 0 spiro atoms. The van der Waals surface area contributed by atoms with E-state index in [0.717, 1.165) is 38.6 Å². The summed E-state index contributed by atoms with van der Waals surface area (Å²) in [7, 11) is -3.13. The van der Waals surface area contributed by atoms with Crippen molar-refractivity contribution in [3.8, 4) is 0 Å². The van der Waals surface area contributed by atoms with Gasteiger partial charge in [0.2, 0.25) is 15.9 Å². The molecule has 7 heteroatoms. The van der Waals surface area contributed by atoms with Gasteiger partial charge >= 0.3 is 0 Å². The summed E-state index contributed by atoms with van der Waals surface area (Å²) in [5, 5.41) is 3.26. The number of nitrogens with zero attached hydrogens (tertiary/aromatic N) is 1. The smallest absolute Gasteiger partial charge is 0.239 e. The van der Waals surface area contributed by atoms with E-state index in [1.807, 2.05) is 4.90 Å². The molecule has 1 amide bonds. The van der Waals surface area contributed by atoms with Crippen molar-refractivity contribution in [1.29, 1.82) is 0 Å². The third kappa shape index (κ3) is 6.35. The molecule has 0 saturated carbocycles.